The number of morpholine rings is 1. The number of aliphatic hydroxyl groups excluding tert-OH is 1. The lowest BCUT2D eigenvalue weighted by Crippen LogP contribution is -2.50. The summed E-state index contributed by atoms with van der Waals surface area (Å²) in [5.41, 5.74) is 0.481. The summed E-state index contributed by atoms with van der Waals surface area (Å²) in [5, 5.41) is 11.8. The molecule has 1 aliphatic heterocycles. The molecule has 2 rings (SSSR count). The Balaban J connectivity index is 1.96. The predicted molar refractivity (Wildman–Crippen MR) is 71.7 cm³/mol. The summed E-state index contributed by atoms with van der Waals surface area (Å²) in [6.07, 6.45) is -0.386. The third kappa shape index (κ3) is 3.89. The van der Waals surface area contributed by atoms with E-state index in [4.69, 9.17) is 9.84 Å². The molecule has 0 unspecified atom stereocenters. The number of hydrogen-bond donors (Lipinski definition) is 2. The maximum absolute atomic E-state index is 13.2. The number of urea groups is 1. The molecular weight excluding hydrogens is 282 g/mol. The first-order valence-electron chi connectivity index (χ1n) is 6.74. The van der Waals surface area contributed by atoms with Gasteiger partial charge in [-0.05, 0) is 24.6 Å². The summed E-state index contributed by atoms with van der Waals surface area (Å²) in [4.78, 5) is 13.6. The molecule has 1 fully saturated rings. The fourth-order valence-corrected chi connectivity index (χ4v) is 2.16. The van der Waals surface area contributed by atoms with Gasteiger partial charge in [0.1, 0.15) is 0 Å². The number of hydrogen-bond acceptors (Lipinski definition) is 3. The van der Waals surface area contributed by atoms with Crippen LogP contribution in [0, 0.1) is 11.6 Å². The number of aliphatic hydroxyl groups is 1. The first-order chi connectivity index (χ1) is 10.0. The number of benzene rings is 1. The summed E-state index contributed by atoms with van der Waals surface area (Å²) in [7, 11) is 0. The molecule has 7 heteroatoms. The van der Waals surface area contributed by atoms with E-state index in [1.54, 1.807) is 6.92 Å². The van der Waals surface area contributed by atoms with Gasteiger partial charge in [0.15, 0.2) is 11.6 Å². The summed E-state index contributed by atoms with van der Waals surface area (Å²) in [5.74, 6) is -1.86. The number of nitrogens with zero attached hydrogens (tertiary/aromatic N) is 1. The summed E-state index contributed by atoms with van der Waals surface area (Å²) >= 11 is 0. The second-order valence-electron chi connectivity index (χ2n) is 4.97. The van der Waals surface area contributed by atoms with Gasteiger partial charge in [-0.3, -0.25) is 0 Å². The van der Waals surface area contributed by atoms with E-state index in [0.29, 0.717) is 25.3 Å². The fraction of sp³-hybridized carbons (Fsp3) is 0.500. The SMILES string of the molecule is C[C@@H](NC(=O)N1CCO[C@@H](CO)C1)c1ccc(F)c(F)c1. The molecule has 0 spiro atoms. The van der Waals surface area contributed by atoms with Gasteiger partial charge in [-0.1, -0.05) is 6.07 Å². The minimum atomic E-state index is -0.944. The molecule has 0 saturated carbocycles. The zero-order valence-electron chi connectivity index (χ0n) is 11.7. The van der Waals surface area contributed by atoms with Crippen molar-refractivity contribution in [2.24, 2.45) is 0 Å². The van der Waals surface area contributed by atoms with Crippen molar-refractivity contribution in [3.05, 3.63) is 35.4 Å². The fourth-order valence-electron chi connectivity index (χ4n) is 2.16. The second-order valence-corrected chi connectivity index (χ2v) is 4.97. The number of carbonyl (C=O) groups excluding carboxylic acids is 1. The van der Waals surface area contributed by atoms with Crippen LogP contribution in [0.2, 0.25) is 0 Å². The van der Waals surface area contributed by atoms with Crippen molar-refractivity contribution >= 4 is 6.03 Å². The Morgan fingerprint density at radius 2 is 2.29 bits per heavy atom. The van der Waals surface area contributed by atoms with Crippen LogP contribution in [0.25, 0.3) is 0 Å². The summed E-state index contributed by atoms with van der Waals surface area (Å²) in [6, 6.07) is 2.75. The van der Waals surface area contributed by atoms with Crippen LogP contribution in [0.1, 0.15) is 18.5 Å². The minimum absolute atomic E-state index is 0.150. The van der Waals surface area contributed by atoms with Gasteiger partial charge in [-0.15, -0.1) is 0 Å². The van der Waals surface area contributed by atoms with Crippen LogP contribution < -0.4 is 5.32 Å². The molecule has 5 nitrogen and oxygen atoms in total. The van der Waals surface area contributed by atoms with Gasteiger partial charge in [0, 0.05) is 6.54 Å². The van der Waals surface area contributed by atoms with Gasteiger partial charge >= 0.3 is 6.03 Å². The molecule has 1 aromatic rings. The Morgan fingerprint density at radius 3 is 2.95 bits per heavy atom. The number of rotatable bonds is 3. The molecule has 1 aromatic carbocycles. The highest BCUT2D eigenvalue weighted by atomic mass is 19.2. The lowest BCUT2D eigenvalue weighted by molar-refractivity contribution is -0.0404. The Bertz CT molecular complexity index is 513. The number of ether oxygens (including phenoxy) is 1. The van der Waals surface area contributed by atoms with Crippen LogP contribution in [-0.2, 0) is 4.74 Å². The molecule has 2 N–H and O–H groups in total. The molecule has 1 aliphatic rings. The van der Waals surface area contributed by atoms with Crippen molar-refractivity contribution in [2.45, 2.75) is 19.1 Å². The number of amides is 2. The van der Waals surface area contributed by atoms with Crippen LogP contribution in [0.5, 0.6) is 0 Å². The monoisotopic (exact) mass is 300 g/mol. The molecular formula is C14H18F2N2O3. The Labute approximate surface area is 121 Å². The zero-order chi connectivity index (χ0) is 15.4. The van der Waals surface area contributed by atoms with Crippen molar-refractivity contribution in [3.63, 3.8) is 0 Å². The largest absolute Gasteiger partial charge is 0.394 e. The van der Waals surface area contributed by atoms with E-state index >= 15 is 0 Å². The second kappa shape index (κ2) is 6.82. The minimum Gasteiger partial charge on any atom is -0.394 e. The molecule has 2 amide bonds. The molecule has 21 heavy (non-hydrogen) atoms. The van der Waals surface area contributed by atoms with Crippen molar-refractivity contribution in [2.75, 3.05) is 26.3 Å². The van der Waals surface area contributed by atoms with E-state index in [0.717, 1.165) is 12.1 Å². The smallest absolute Gasteiger partial charge is 0.318 e. The summed E-state index contributed by atoms with van der Waals surface area (Å²) in [6.45, 7) is 2.62. The highest BCUT2D eigenvalue weighted by Crippen LogP contribution is 2.16. The van der Waals surface area contributed by atoms with E-state index in [2.05, 4.69) is 5.32 Å². The van der Waals surface area contributed by atoms with Crippen LogP contribution >= 0.6 is 0 Å². The standard InChI is InChI=1S/C14H18F2N2O3/c1-9(10-2-3-12(15)13(16)6-10)17-14(20)18-4-5-21-11(7-18)8-19/h2-3,6,9,11,19H,4-5,7-8H2,1H3,(H,17,20)/t9-,11-/m1/s1. The molecule has 0 bridgehead atoms. The third-order valence-corrected chi connectivity index (χ3v) is 3.41. The number of halogens is 2. The number of carbonyl (C=O) groups is 1. The topological polar surface area (TPSA) is 61.8 Å². The normalized spacial score (nSPS) is 20.2. The van der Waals surface area contributed by atoms with Gasteiger partial charge < -0.3 is 20.1 Å². The van der Waals surface area contributed by atoms with Gasteiger partial charge in [0.25, 0.3) is 0 Å². The van der Waals surface area contributed by atoms with E-state index in [-0.39, 0.29) is 18.7 Å². The van der Waals surface area contributed by atoms with Crippen molar-refractivity contribution in [3.8, 4) is 0 Å². The Hall–Kier alpha value is -1.73. The maximum atomic E-state index is 13.2. The average molecular weight is 300 g/mol. The quantitative estimate of drug-likeness (QED) is 0.887. The molecule has 2 atom stereocenters. The molecule has 116 valence electrons. The van der Waals surface area contributed by atoms with Crippen molar-refractivity contribution in [1.82, 2.24) is 10.2 Å². The average Bonchev–Trinajstić information content (AvgIpc) is 2.49. The van der Waals surface area contributed by atoms with Gasteiger partial charge in [0.2, 0.25) is 0 Å². The highest BCUT2D eigenvalue weighted by Gasteiger charge is 2.24. The van der Waals surface area contributed by atoms with Crippen LogP contribution in [0.3, 0.4) is 0 Å². The van der Waals surface area contributed by atoms with Crippen LogP contribution in [0.4, 0.5) is 13.6 Å². The zero-order valence-corrected chi connectivity index (χ0v) is 11.7. The van der Waals surface area contributed by atoms with E-state index in [1.807, 2.05) is 0 Å². The molecule has 0 radical (unpaired) electrons. The maximum Gasteiger partial charge on any atom is 0.318 e. The van der Waals surface area contributed by atoms with Gasteiger partial charge in [-0.2, -0.15) is 0 Å². The van der Waals surface area contributed by atoms with E-state index in [9.17, 15) is 13.6 Å². The molecule has 1 saturated heterocycles. The van der Waals surface area contributed by atoms with Crippen molar-refractivity contribution in [1.29, 1.82) is 0 Å². The molecule has 0 aliphatic carbocycles. The third-order valence-electron chi connectivity index (χ3n) is 3.41. The Kier molecular flexibility index (Phi) is 5.08. The van der Waals surface area contributed by atoms with Gasteiger partial charge in [-0.25, -0.2) is 13.6 Å². The first kappa shape index (κ1) is 15.7. The van der Waals surface area contributed by atoms with Crippen molar-refractivity contribution < 1.29 is 23.4 Å². The summed E-state index contributed by atoms with van der Waals surface area (Å²) < 4.78 is 31.3. The van der Waals surface area contributed by atoms with E-state index in [1.165, 1.54) is 11.0 Å². The lowest BCUT2D eigenvalue weighted by Gasteiger charge is -2.33. The molecule has 0 aromatic heterocycles. The lowest BCUT2D eigenvalue weighted by atomic mass is 10.1. The first-order valence-corrected chi connectivity index (χ1v) is 6.74. The van der Waals surface area contributed by atoms with Gasteiger partial charge in [0.05, 0.1) is 31.9 Å². The highest BCUT2D eigenvalue weighted by molar-refractivity contribution is 5.74. The predicted octanol–water partition coefficient (Wildman–Crippen LogP) is 1.43. The van der Waals surface area contributed by atoms with E-state index < -0.39 is 17.7 Å². The van der Waals surface area contributed by atoms with Crippen LogP contribution in [0.15, 0.2) is 18.2 Å². The van der Waals surface area contributed by atoms with Crippen LogP contribution in [-0.4, -0.2) is 48.4 Å². The molecule has 1 heterocycles. The Morgan fingerprint density at radius 1 is 1.52 bits per heavy atom. The number of nitrogens with one attached hydrogen (secondary N) is 1.